The lowest BCUT2D eigenvalue weighted by molar-refractivity contribution is 0.672. The van der Waals surface area contributed by atoms with Crippen molar-refractivity contribution in [2.75, 3.05) is 0 Å². The minimum Gasteiger partial charge on any atom is -0.319 e. The van der Waals surface area contributed by atoms with Gasteiger partial charge in [-0.15, -0.1) is 0 Å². The van der Waals surface area contributed by atoms with Crippen LogP contribution in [-0.2, 0) is 7.05 Å². The highest BCUT2D eigenvalue weighted by Gasteiger charge is 2.19. The summed E-state index contributed by atoms with van der Waals surface area (Å²) in [6, 6.07) is 5.72. The highest BCUT2D eigenvalue weighted by molar-refractivity contribution is 9.10. The van der Waals surface area contributed by atoms with Crippen molar-refractivity contribution < 1.29 is 0 Å². The van der Waals surface area contributed by atoms with Crippen LogP contribution in [0.3, 0.4) is 0 Å². The summed E-state index contributed by atoms with van der Waals surface area (Å²) in [4.78, 5) is 0. The third-order valence-corrected chi connectivity index (χ3v) is 4.16. The summed E-state index contributed by atoms with van der Waals surface area (Å²) < 4.78 is 2.73. The first-order valence-corrected chi connectivity index (χ1v) is 6.37. The Kier molecular flexibility index (Phi) is 3.56. The first-order chi connectivity index (χ1) is 8.02. The molecule has 2 aromatic rings. The lowest BCUT2D eigenvalue weighted by atomic mass is 10.0. The number of benzene rings is 1. The molecule has 3 nitrogen and oxygen atoms in total. The van der Waals surface area contributed by atoms with Crippen molar-refractivity contribution in [2.24, 2.45) is 12.8 Å². The van der Waals surface area contributed by atoms with Crippen LogP contribution in [0.4, 0.5) is 0 Å². The summed E-state index contributed by atoms with van der Waals surface area (Å²) in [6.07, 6.45) is 1.61. The molecule has 0 radical (unpaired) electrons. The van der Waals surface area contributed by atoms with E-state index in [1.54, 1.807) is 10.9 Å². The molecule has 5 heteroatoms. The van der Waals surface area contributed by atoms with Crippen LogP contribution in [0, 0.1) is 6.92 Å². The van der Waals surface area contributed by atoms with Crippen LogP contribution in [0.15, 0.2) is 28.9 Å². The molecule has 0 fully saturated rings. The normalized spacial score (nSPS) is 12.8. The summed E-state index contributed by atoms with van der Waals surface area (Å²) in [5, 5.41) is 4.70. The third kappa shape index (κ3) is 2.25. The van der Waals surface area contributed by atoms with Gasteiger partial charge in [0.15, 0.2) is 0 Å². The van der Waals surface area contributed by atoms with Crippen LogP contribution in [0.2, 0.25) is 5.02 Å². The maximum atomic E-state index is 6.26. The fourth-order valence-corrected chi connectivity index (χ4v) is 2.62. The van der Waals surface area contributed by atoms with E-state index in [0.29, 0.717) is 5.02 Å². The topological polar surface area (TPSA) is 43.8 Å². The molecule has 2 N–H and O–H groups in total. The fraction of sp³-hybridized carbons (Fsp3) is 0.250. The summed E-state index contributed by atoms with van der Waals surface area (Å²) in [5.41, 5.74) is 9.23. The quantitative estimate of drug-likeness (QED) is 0.925. The number of hydrogen-bond acceptors (Lipinski definition) is 2. The number of nitrogens with two attached hydrogens (primary N) is 1. The van der Waals surface area contributed by atoms with Crippen LogP contribution in [0.25, 0.3) is 0 Å². The lowest BCUT2D eigenvalue weighted by Crippen LogP contribution is -2.17. The van der Waals surface area contributed by atoms with Crippen LogP contribution < -0.4 is 5.73 Å². The smallest absolute Gasteiger partial charge is 0.0837 e. The molecule has 0 aliphatic heterocycles. The Hall–Kier alpha value is -0.840. The van der Waals surface area contributed by atoms with E-state index in [2.05, 4.69) is 21.0 Å². The molecule has 1 unspecified atom stereocenters. The first kappa shape index (κ1) is 12.6. The Balaban J connectivity index is 2.51. The third-order valence-electron chi connectivity index (χ3n) is 2.79. The molecule has 1 aromatic heterocycles. The largest absolute Gasteiger partial charge is 0.319 e. The standard InChI is InChI=1S/C12H13BrClN3/c1-7-4-3-5-8(10(7)13)11(15)12-9(14)6-16-17(12)2/h3-6,11H,15H2,1-2H3. The Morgan fingerprint density at radius 2 is 2.18 bits per heavy atom. The van der Waals surface area contributed by atoms with Gasteiger partial charge in [0, 0.05) is 11.5 Å². The van der Waals surface area contributed by atoms with Crippen molar-refractivity contribution in [2.45, 2.75) is 13.0 Å². The summed E-state index contributed by atoms with van der Waals surface area (Å²) in [5.74, 6) is 0. The molecule has 1 heterocycles. The van der Waals surface area contributed by atoms with Crippen LogP contribution in [-0.4, -0.2) is 9.78 Å². The van der Waals surface area contributed by atoms with Gasteiger partial charge in [0.25, 0.3) is 0 Å². The number of nitrogens with zero attached hydrogens (tertiary/aromatic N) is 2. The van der Waals surface area contributed by atoms with Crippen LogP contribution >= 0.6 is 27.5 Å². The average Bonchev–Trinajstić information content (AvgIpc) is 2.62. The van der Waals surface area contributed by atoms with Gasteiger partial charge in [-0.1, -0.05) is 45.7 Å². The second-order valence-electron chi connectivity index (χ2n) is 3.96. The first-order valence-electron chi connectivity index (χ1n) is 5.20. The fourth-order valence-electron chi connectivity index (χ4n) is 1.83. The Bertz CT molecular complexity index is 531. The van der Waals surface area contributed by atoms with E-state index >= 15 is 0 Å². The molecule has 2 rings (SSSR count). The molecule has 17 heavy (non-hydrogen) atoms. The monoisotopic (exact) mass is 313 g/mol. The molecule has 0 amide bonds. The van der Waals surface area contributed by atoms with Crippen LogP contribution in [0.5, 0.6) is 0 Å². The second-order valence-corrected chi connectivity index (χ2v) is 5.16. The van der Waals surface area contributed by atoms with E-state index < -0.39 is 0 Å². The molecular formula is C12H13BrClN3. The summed E-state index contributed by atoms with van der Waals surface area (Å²) >= 11 is 9.67. The highest BCUT2D eigenvalue weighted by Crippen LogP contribution is 2.31. The van der Waals surface area contributed by atoms with Gasteiger partial charge < -0.3 is 5.73 Å². The van der Waals surface area contributed by atoms with Crippen LogP contribution in [0.1, 0.15) is 22.9 Å². The zero-order valence-electron chi connectivity index (χ0n) is 9.61. The molecular weight excluding hydrogens is 302 g/mol. The minimum absolute atomic E-state index is 0.288. The maximum absolute atomic E-state index is 6.26. The second kappa shape index (κ2) is 4.80. The number of rotatable bonds is 2. The molecule has 90 valence electrons. The molecule has 0 bridgehead atoms. The number of hydrogen-bond donors (Lipinski definition) is 1. The van der Waals surface area contributed by atoms with Crippen molar-refractivity contribution in [3.8, 4) is 0 Å². The van der Waals surface area contributed by atoms with E-state index in [9.17, 15) is 0 Å². The van der Waals surface area contributed by atoms with Crippen molar-refractivity contribution in [3.05, 3.63) is 50.7 Å². The predicted octanol–water partition coefficient (Wildman–Crippen LogP) is 3.19. The Morgan fingerprint density at radius 1 is 1.47 bits per heavy atom. The molecule has 0 aliphatic rings. The predicted molar refractivity (Wildman–Crippen MR) is 73.1 cm³/mol. The summed E-state index contributed by atoms with van der Waals surface area (Å²) in [7, 11) is 1.84. The van der Waals surface area contributed by atoms with E-state index in [4.69, 9.17) is 17.3 Å². The van der Waals surface area contributed by atoms with E-state index in [1.807, 2.05) is 32.2 Å². The molecule has 0 saturated carbocycles. The lowest BCUT2D eigenvalue weighted by Gasteiger charge is -2.16. The summed E-state index contributed by atoms with van der Waals surface area (Å²) in [6.45, 7) is 2.03. The zero-order chi connectivity index (χ0) is 12.6. The van der Waals surface area contributed by atoms with E-state index in [0.717, 1.165) is 21.3 Å². The minimum atomic E-state index is -0.288. The van der Waals surface area contributed by atoms with Gasteiger partial charge in [0.05, 0.1) is 23.0 Å². The average molecular weight is 315 g/mol. The Labute approximate surface area is 114 Å². The van der Waals surface area contributed by atoms with Gasteiger partial charge in [0.1, 0.15) is 0 Å². The van der Waals surface area contributed by atoms with Gasteiger partial charge in [-0.25, -0.2) is 0 Å². The van der Waals surface area contributed by atoms with Gasteiger partial charge in [-0.3, -0.25) is 4.68 Å². The van der Waals surface area contributed by atoms with E-state index in [-0.39, 0.29) is 6.04 Å². The molecule has 1 aromatic carbocycles. The maximum Gasteiger partial charge on any atom is 0.0837 e. The van der Waals surface area contributed by atoms with Crippen molar-refractivity contribution >= 4 is 27.5 Å². The number of aryl methyl sites for hydroxylation is 2. The van der Waals surface area contributed by atoms with Crippen molar-refractivity contribution in [1.82, 2.24) is 9.78 Å². The molecule has 0 aliphatic carbocycles. The van der Waals surface area contributed by atoms with E-state index in [1.165, 1.54) is 0 Å². The van der Waals surface area contributed by atoms with Gasteiger partial charge >= 0.3 is 0 Å². The van der Waals surface area contributed by atoms with Gasteiger partial charge in [-0.2, -0.15) is 5.10 Å². The number of halogens is 2. The number of aromatic nitrogens is 2. The van der Waals surface area contributed by atoms with Crippen molar-refractivity contribution in [3.63, 3.8) is 0 Å². The molecule has 0 saturated heterocycles. The zero-order valence-corrected chi connectivity index (χ0v) is 12.0. The highest BCUT2D eigenvalue weighted by atomic mass is 79.9. The van der Waals surface area contributed by atoms with Crippen molar-refractivity contribution in [1.29, 1.82) is 0 Å². The SMILES string of the molecule is Cc1cccc(C(N)c2c(Cl)cnn2C)c1Br. The molecule has 1 atom stereocenters. The van der Waals surface area contributed by atoms with Gasteiger partial charge in [0.2, 0.25) is 0 Å². The van der Waals surface area contributed by atoms with Gasteiger partial charge in [-0.05, 0) is 18.1 Å². The molecule has 0 spiro atoms. The Morgan fingerprint density at radius 3 is 2.76 bits per heavy atom.